The summed E-state index contributed by atoms with van der Waals surface area (Å²) in [6.45, 7) is 6.07. The van der Waals surface area contributed by atoms with E-state index in [2.05, 4.69) is 54.5 Å². The van der Waals surface area contributed by atoms with Crippen molar-refractivity contribution in [3.63, 3.8) is 0 Å². The van der Waals surface area contributed by atoms with Gasteiger partial charge in [-0.05, 0) is 61.2 Å². The molecule has 0 radical (unpaired) electrons. The minimum absolute atomic E-state index is 0.794. The molecule has 0 saturated carbocycles. The molecule has 0 bridgehead atoms. The van der Waals surface area contributed by atoms with Crippen LogP contribution in [0.4, 0.5) is 0 Å². The van der Waals surface area contributed by atoms with E-state index < -0.39 is 0 Å². The molecule has 3 aromatic rings. The zero-order chi connectivity index (χ0) is 17.6. The summed E-state index contributed by atoms with van der Waals surface area (Å²) in [6, 6.07) is 14.9. The lowest BCUT2D eigenvalue weighted by molar-refractivity contribution is -0.104. The molecular formula is C22H24N2O. The first-order chi connectivity index (χ1) is 12.2. The number of benzene rings is 2. The van der Waals surface area contributed by atoms with Crippen molar-refractivity contribution in [2.75, 3.05) is 6.54 Å². The molecular weight excluding hydrogens is 308 g/mol. The van der Waals surface area contributed by atoms with Gasteiger partial charge in [0.1, 0.15) is 6.29 Å². The van der Waals surface area contributed by atoms with Crippen LogP contribution in [-0.4, -0.2) is 17.8 Å². The van der Waals surface area contributed by atoms with Crippen LogP contribution in [0.2, 0.25) is 0 Å². The second kappa shape index (κ2) is 7.95. The highest BCUT2D eigenvalue weighted by molar-refractivity contribution is 5.84. The van der Waals surface area contributed by atoms with Gasteiger partial charge in [-0.1, -0.05) is 42.5 Å². The van der Waals surface area contributed by atoms with Crippen LogP contribution in [0.1, 0.15) is 27.9 Å². The molecule has 0 unspecified atom stereocenters. The van der Waals surface area contributed by atoms with Gasteiger partial charge in [-0.15, -0.1) is 0 Å². The van der Waals surface area contributed by atoms with E-state index >= 15 is 0 Å². The maximum atomic E-state index is 10.3. The average Bonchev–Trinajstić information content (AvgIpc) is 2.91. The molecule has 0 spiro atoms. The van der Waals surface area contributed by atoms with E-state index in [0.29, 0.717) is 0 Å². The van der Waals surface area contributed by atoms with E-state index in [9.17, 15) is 4.79 Å². The van der Waals surface area contributed by atoms with Gasteiger partial charge in [-0.2, -0.15) is 0 Å². The number of aldehydes is 1. The molecule has 3 nitrogen and oxygen atoms in total. The normalized spacial score (nSPS) is 11.4. The van der Waals surface area contributed by atoms with E-state index in [1.54, 1.807) is 0 Å². The quantitative estimate of drug-likeness (QED) is 0.384. The largest absolute Gasteiger partial charge is 0.358 e. The lowest BCUT2D eigenvalue weighted by Crippen LogP contribution is -2.16. The van der Waals surface area contributed by atoms with Gasteiger partial charge in [-0.25, -0.2) is 0 Å². The highest BCUT2D eigenvalue weighted by Gasteiger charge is 2.04. The Kier molecular flexibility index (Phi) is 5.46. The van der Waals surface area contributed by atoms with Gasteiger partial charge in [0.25, 0.3) is 0 Å². The smallest absolute Gasteiger partial charge is 0.142 e. The van der Waals surface area contributed by atoms with Crippen LogP contribution < -0.4 is 5.32 Å². The van der Waals surface area contributed by atoms with E-state index in [0.717, 1.165) is 31.4 Å². The third-order valence-corrected chi connectivity index (χ3v) is 4.64. The Morgan fingerprint density at radius 1 is 1.04 bits per heavy atom. The van der Waals surface area contributed by atoms with Gasteiger partial charge in [0.2, 0.25) is 0 Å². The van der Waals surface area contributed by atoms with Crippen LogP contribution in [0.25, 0.3) is 17.0 Å². The molecule has 3 heteroatoms. The SMILES string of the molecule is Cc1[nH]c2cc(CCNCc3ccc(/C=C/C=O)cc3)ccc2c1C. The number of hydrogen-bond acceptors (Lipinski definition) is 2. The maximum Gasteiger partial charge on any atom is 0.142 e. The van der Waals surface area contributed by atoms with Crippen LogP contribution in [0.15, 0.2) is 48.5 Å². The van der Waals surface area contributed by atoms with Crippen molar-refractivity contribution in [3.8, 4) is 0 Å². The average molecular weight is 332 g/mol. The van der Waals surface area contributed by atoms with Crippen molar-refractivity contribution < 1.29 is 4.79 Å². The third-order valence-electron chi connectivity index (χ3n) is 4.64. The molecule has 25 heavy (non-hydrogen) atoms. The number of rotatable bonds is 7. The fourth-order valence-electron chi connectivity index (χ4n) is 3.04. The molecule has 1 aromatic heterocycles. The van der Waals surface area contributed by atoms with Crippen molar-refractivity contribution in [1.29, 1.82) is 0 Å². The van der Waals surface area contributed by atoms with Crippen LogP contribution in [0, 0.1) is 13.8 Å². The predicted octanol–water partition coefficient (Wildman–Crippen LogP) is 4.33. The summed E-state index contributed by atoms with van der Waals surface area (Å²) in [6.07, 6.45) is 5.12. The van der Waals surface area contributed by atoms with Gasteiger partial charge in [0.15, 0.2) is 0 Å². The second-order valence-corrected chi connectivity index (χ2v) is 6.42. The Balaban J connectivity index is 1.51. The van der Waals surface area contributed by atoms with Crippen molar-refractivity contribution in [2.24, 2.45) is 0 Å². The monoisotopic (exact) mass is 332 g/mol. The number of aryl methyl sites for hydroxylation is 2. The fourth-order valence-corrected chi connectivity index (χ4v) is 3.04. The number of carbonyl (C=O) groups is 1. The first kappa shape index (κ1) is 17.2. The molecule has 1 heterocycles. The number of aromatic nitrogens is 1. The van der Waals surface area contributed by atoms with E-state index in [1.165, 1.54) is 39.4 Å². The van der Waals surface area contributed by atoms with Gasteiger partial charge in [-0.3, -0.25) is 4.79 Å². The van der Waals surface area contributed by atoms with Gasteiger partial charge in [0, 0.05) is 23.1 Å². The number of carbonyl (C=O) groups excluding carboxylic acids is 1. The minimum Gasteiger partial charge on any atom is -0.358 e. The van der Waals surface area contributed by atoms with Crippen molar-refractivity contribution in [1.82, 2.24) is 10.3 Å². The summed E-state index contributed by atoms with van der Waals surface area (Å²) in [5.74, 6) is 0. The number of fused-ring (bicyclic) bond motifs is 1. The molecule has 0 atom stereocenters. The Bertz CT molecular complexity index is 888. The summed E-state index contributed by atoms with van der Waals surface area (Å²) >= 11 is 0. The first-order valence-electron chi connectivity index (χ1n) is 8.66. The predicted molar refractivity (Wildman–Crippen MR) is 105 cm³/mol. The lowest BCUT2D eigenvalue weighted by Gasteiger charge is -2.06. The molecule has 0 fully saturated rings. The van der Waals surface area contributed by atoms with Crippen LogP contribution >= 0.6 is 0 Å². The van der Waals surface area contributed by atoms with Crippen LogP contribution in [0.3, 0.4) is 0 Å². The van der Waals surface area contributed by atoms with Crippen molar-refractivity contribution >= 4 is 23.3 Å². The minimum atomic E-state index is 0.794. The molecule has 3 rings (SSSR count). The maximum absolute atomic E-state index is 10.3. The molecule has 0 saturated heterocycles. The number of H-pyrrole nitrogens is 1. The van der Waals surface area contributed by atoms with E-state index in [1.807, 2.05) is 18.2 Å². The lowest BCUT2D eigenvalue weighted by atomic mass is 10.1. The summed E-state index contributed by atoms with van der Waals surface area (Å²) < 4.78 is 0. The summed E-state index contributed by atoms with van der Waals surface area (Å²) in [5, 5.41) is 4.81. The Hall–Kier alpha value is -2.65. The molecule has 0 aliphatic heterocycles. The highest BCUT2D eigenvalue weighted by Crippen LogP contribution is 2.22. The Morgan fingerprint density at radius 3 is 2.56 bits per heavy atom. The third kappa shape index (κ3) is 4.25. The molecule has 0 aliphatic rings. The summed E-state index contributed by atoms with van der Waals surface area (Å²) in [5.41, 5.74) is 7.44. The van der Waals surface area contributed by atoms with Gasteiger partial charge in [0.05, 0.1) is 0 Å². The van der Waals surface area contributed by atoms with Crippen LogP contribution in [0.5, 0.6) is 0 Å². The van der Waals surface area contributed by atoms with Crippen LogP contribution in [-0.2, 0) is 17.8 Å². The molecule has 128 valence electrons. The summed E-state index contributed by atoms with van der Waals surface area (Å²) in [7, 11) is 0. The molecule has 2 N–H and O–H groups in total. The van der Waals surface area contributed by atoms with E-state index in [4.69, 9.17) is 0 Å². The fraction of sp³-hybridized carbons (Fsp3) is 0.227. The van der Waals surface area contributed by atoms with Gasteiger partial charge >= 0.3 is 0 Å². The number of aromatic amines is 1. The topological polar surface area (TPSA) is 44.9 Å². The molecule has 0 aliphatic carbocycles. The Morgan fingerprint density at radius 2 is 1.80 bits per heavy atom. The first-order valence-corrected chi connectivity index (χ1v) is 8.66. The number of nitrogens with one attached hydrogen (secondary N) is 2. The highest BCUT2D eigenvalue weighted by atomic mass is 16.1. The van der Waals surface area contributed by atoms with Crippen molar-refractivity contribution in [3.05, 3.63) is 76.5 Å². The molecule has 0 amide bonds. The number of hydrogen-bond donors (Lipinski definition) is 2. The Labute approximate surface area is 148 Å². The standard InChI is InChI=1S/C22H24N2O/c1-16-17(2)24-22-14-19(9-10-21(16)22)11-12-23-15-20-7-5-18(6-8-20)4-3-13-25/h3-10,13-14,23-24H,11-12,15H2,1-2H3/b4-3+. The van der Waals surface area contributed by atoms with Gasteiger partial charge < -0.3 is 10.3 Å². The van der Waals surface area contributed by atoms with Crippen molar-refractivity contribution in [2.45, 2.75) is 26.8 Å². The summed E-state index contributed by atoms with van der Waals surface area (Å²) in [4.78, 5) is 13.8. The number of allylic oxidation sites excluding steroid dienone is 1. The zero-order valence-electron chi connectivity index (χ0n) is 14.8. The second-order valence-electron chi connectivity index (χ2n) is 6.42. The van der Waals surface area contributed by atoms with E-state index in [-0.39, 0.29) is 0 Å². The zero-order valence-corrected chi connectivity index (χ0v) is 14.8. The molecule has 2 aromatic carbocycles.